The molecule has 0 saturated heterocycles. The first kappa shape index (κ1) is 9.12. The van der Waals surface area contributed by atoms with Crippen molar-refractivity contribution < 1.29 is 0 Å². The predicted octanol–water partition coefficient (Wildman–Crippen LogP) is 3.61. The van der Waals surface area contributed by atoms with Crippen LogP contribution in [0.2, 0.25) is 0 Å². The van der Waals surface area contributed by atoms with Crippen molar-refractivity contribution in [3.63, 3.8) is 0 Å². The maximum Gasteiger partial charge on any atom is 0.0516 e. The zero-order valence-corrected chi connectivity index (χ0v) is 8.36. The Hall–Kier alpha value is 0.0300. The van der Waals surface area contributed by atoms with Crippen molar-refractivity contribution in [2.75, 3.05) is 0 Å². The smallest absolute Gasteiger partial charge is 0.0516 e. The lowest BCUT2D eigenvalue weighted by molar-refractivity contribution is 0.268. The SMILES string of the molecule is CC(C)(C)C1C=CC(Cl)CC1. The lowest BCUT2D eigenvalue weighted by Crippen LogP contribution is -2.22. The Morgan fingerprint density at radius 1 is 1.18 bits per heavy atom. The lowest BCUT2D eigenvalue weighted by Gasteiger charge is -2.31. The van der Waals surface area contributed by atoms with Gasteiger partial charge in [-0.3, -0.25) is 0 Å². The van der Waals surface area contributed by atoms with E-state index in [0.29, 0.717) is 5.41 Å². The Morgan fingerprint density at radius 3 is 2.18 bits per heavy atom. The van der Waals surface area contributed by atoms with Gasteiger partial charge in [0.2, 0.25) is 0 Å². The fourth-order valence-corrected chi connectivity index (χ4v) is 1.72. The van der Waals surface area contributed by atoms with Crippen LogP contribution >= 0.6 is 11.6 Å². The van der Waals surface area contributed by atoms with Crippen LogP contribution in [0.3, 0.4) is 0 Å². The fraction of sp³-hybridized carbons (Fsp3) is 0.800. The molecule has 1 rings (SSSR count). The van der Waals surface area contributed by atoms with Gasteiger partial charge in [-0.05, 0) is 24.2 Å². The van der Waals surface area contributed by atoms with Crippen LogP contribution in [0.15, 0.2) is 12.2 Å². The minimum absolute atomic E-state index is 0.286. The molecule has 0 aromatic carbocycles. The van der Waals surface area contributed by atoms with Gasteiger partial charge in [-0.2, -0.15) is 0 Å². The van der Waals surface area contributed by atoms with E-state index in [1.807, 2.05) is 0 Å². The van der Waals surface area contributed by atoms with E-state index in [0.717, 1.165) is 12.3 Å². The van der Waals surface area contributed by atoms with Crippen LogP contribution in [-0.2, 0) is 0 Å². The highest BCUT2D eigenvalue weighted by Gasteiger charge is 2.24. The van der Waals surface area contributed by atoms with Crippen molar-refractivity contribution in [3.8, 4) is 0 Å². The van der Waals surface area contributed by atoms with Crippen LogP contribution in [0, 0.1) is 11.3 Å². The zero-order valence-electron chi connectivity index (χ0n) is 7.60. The summed E-state index contributed by atoms with van der Waals surface area (Å²) >= 11 is 5.95. The Labute approximate surface area is 74.6 Å². The topological polar surface area (TPSA) is 0 Å². The van der Waals surface area contributed by atoms with E-state index in [2.05, 4.69) is 32.9 Å². The van der Waals surface area contributed by atoms with Crippen molar-refractivity contribution in [2.24, 2.45) is 11.3 Å². The molecular weight excluding hydrogens is 156 g/mol. The molecule has 0 heterocycles. The second-order valence-corrected chi connectivity index (χ2v) is 5.01. The minimum Gasteiger partial charge on any atom is -0.118 e. The van der Waals surface area contributed by atoms with Crippen LogP contribution in [0.25, 0.3) is 0 Å². The molecule has 0 aromatic heterocycles. The van der Waals surface area contributed by atoms with Gasteiger partial charge in [0.1, 0.15) is 0 Å². The first-order valence-electron chi connectivity index (χ1n) is 4.32. The summed E-state index contributed by atoms with van der Waals surface area (Å²) in [6.07, 6.45) is 6.80. The van der Waals surface area contributed by atoms with Gasteiger partial charge >= 0.3 is 0 Å². The highest BCUT2D eigenvalue weighted by molar-refractivity contribution is 6.21. The number of hydrogen-bond acceptors (Lipinski definition) is 0. The number of allylic oxidation sites excluding steroid dienone is 2. The average Bonchev–Trinajstić information content (AvgIpc) is 1.86. The summed E-state index contributed by atoms with van der Waals surface area (Å²) in [6.45, 7) is 6.86. The van der Waals surface area contributed by atoms with Crippen molar-refractivity contribution in [3.05, 3.63) is 12.2 Å². The fourth-order valence-electron chi connectivity index (χ4n) is 1.51. The normalized spacial score (nSPS) is 32.4. The van der Waals surface area contributed by atoms with E-state index in [4.69, 9.17) is 11.6 Å². The van der Waals surface area contributed by atoms with Gasteiger partial charge in [-0.25, -0.2) is 0 Å². The summed E-state index contributed by atoms with van der Waals surface area (Å²) in [5.74, 6) is 0.720. The quantitative estimate of drug-likeness (QED) is 0.387. The molecule has 0 radical (unpaired) electrons. The molecular formula is C10H17Cl. The van der Waals surface area contributed by atoms with Gasteiger partial charge in [0.05, 0.1) is 5.38 Å². The van der Waals surface area contributed by atoms with Gasteiger partial charge in [0, 0.05) is 0 Å². The molecule has 0 aliphatic heterocycles. The molecule has 1 aliphatic rings. The summed E-state index contributed by atoms with van der Waals surface area (Å²) in [4.78, 5) is 0. The third-order valence-corrected chi connectivity index (χ3v) is 2.78. The first-order valence-corrected chi connectivity index (χ1v) is 4.76. The summed E-state index contributed by atoms with van der Waals surface area (Å²) in [6, 6.07) is 0. The van der Waals surface area contributed by atoms with E-state index in [-0.39, 0.29) is 5.38 Å². The molecule has 0 amide bonds. The zero-order chi connectivity index (χ0) is 8.48. The first-order chi connectivity index (χ1) is 5.00. The van der Waals surface area contributed by atoms with E-state index in [1.54, 1.807) is 0 Å². The second-order valence-electron chi connectivity index (χ2n) is 4.45. The van der Waals surface area contributed by atoms with Crippen LogP contribution in [-0.4, -0.2) is 5.38 Å². The minimum atomic E-state index is 0.286. The van der Waals surface area contributed by atoms with Crippen LogP contribution in [0.1, 0.15) is 33.6 Å². The lowest BCUT2D eigenvalue weighted by atomic mass is 9.76. The Kier molecular flexibility index (Phi) is 2.64. The molecule has 1 heteroatoms. The third kappa shape index (κ3) is 2.52. The molecule has 0 bridgehead atoms. The van der Waals surface area contributed by atoms with Gasteiger partial charge in [0.15, 0.2) is 0 Å². The molecule has 11 heavy (non-hydrogen) atoms. The Balaban J connectivity index is 2.57. The molecule has 1 aliphatic carbocycles. The highest BCUT2D eigenvalue weighted by atomic mass is 35.5. The van der Waals surface area contributed by atoms with Gasteiger partial charge in [-0.1, -0.05) is 32.9 Å². The summed E-state index contributed by atoms with van der Waals surface area (Å²) in [7, 11) is 0. The average molecular weight is 173 g/mol. The Morgan fingerprint density at radius 2 is 1.82 bits per heavy atom. The molecule has 0 aromatic rings. The third-order valence-electron chi connectivity index (χ3n) is 2.42. The maximum atomic E-state index is 5.95. The van der Waals surface area contributed by atoms with Gasteiger partial charge < -0.3 is 0 Å². The van der Waals surface area contributed by atoms with Crippen LogP contribution < -0.4 is 0 Å². The van der Waals surface area contributed by atoms with Crippen LogP contribution in [0.4, 0.5) is 0 Å². The van der Waals surface area contributed by atoms with Crippen molar-refractivity contribution in [1.29, 1.82) is 0 Å². The Bertz CT molecular complexity index is 153. The largest absolute Gasteiger partial charge is 0.118 e. The molecule has 0 spiro atoms. The molecule has 0 saturated carbocycles. The highest BCUT2D eigenvalue weighted by Crippen LogP contribution is 2.34. The van der Waals surface area contributed by atoms with Gasteiger partial charge in [-0.15, -0.1) is 11.6 Å². The van der Waals surface area contributed by atoms with E-state index < -0.39 is 0 Å². The van der Waals surface area contributed by atoms with E-state index in [1.165, 1.54) is 6.42 Å². The number of alkyl halides is 1. The summed E-state index contributed by atoms with van der Waals surface area (Å²) in [5.41, 5.74) is 0.410. The van der Waals surface area contributed by atoms with Crippen molar-refractivity contribution >= 4 is 11.6 Å². The second kappa shape index (κ2) is 3.18. The number of hydrogen-bond donors (Lipinski definition) is 0. The maximum absolute atomic E-state index is 5.95. The predicted molar refractivity (Wildman–Crippen MR) is 51.0 cm³/mol. The molecule has 0 N–H and O–H groups in total. The molecule has 2 unspecified atom stereocenters. The molecule has 0 fully saturated rings. The van der Waals surface area contributed by atoms with Crippen LogP contribution in [0.5, 0.6) is 0 Å². The van der Waals surface area contributed by atoms with Crippen molar-refractivity contribution in [2.45, 2.75) is 39.0 Å². The molecule has 2 atom stereocenters. The molecule has 0 nitrogen and oxygen atoms in total. The van der Waals surface area contributed by atoms with Crippen molar-refractivity contribution in [1.82, 2.24) is 0 Å². The molecule has 64 valence electrons. The monoisotopic (exact) mass is 172 g/mol. The summed E-state index contributed by atoms with van der Waals surface area (Å²) in [5, 5.41) is 0.286. The number of rotatable bonds is 0. The number of halogens is 1. The standard InChI is InChI=1S/C10H17Cl/c1-10(2,3)8-4-6-9(11)7-5-8/h4,6,8-9H,5,7H2,1-3H3. The van der Waals surface area contributed by atoms with Gasteiger partial charge in [0.25, 0.3) is 0 Å². The summed E-state index contributed by atoms with van der Waals surface area (Å²) < 4.78 is 0. The van der Waals surface area contributed by atoms with E-state index >= 15 is 0 Å². The van der Waals surface area contributed by atoms with E-state index in [9.17, 15) is 0 Å².